The molecule has 0 spiro atoms. The fraction of sp³-hybridized carbons (Fsp3) is 0.286. The van der Waals surface area contributed by atoms with Gasteiger partial charge >= 0.3 is 10.4 Å². The fourth-order valence-electron chi connectivity index (χ4n) is 0.878. The first-order valence-electron chi connectivity index (χ1n) is 3.63. The Morgan fingerprint density at radius 1 is 1.62 bits per heavy atom. The molecule has 13 heavy (non-hydrogen) atoms. The number of hydrogen-bond donors (Lipinski definition) is 1. The molecule has 0 saturated carbocycles. The molecule has 1 aromatic rings. The molecule has 1 rings (SSSR count). The number of nitrogens with zero attached hydrogens (tertiary/aromatic N) is 1. The SMILES string of the molecule is CCc1ncccc1OS(=O)(=O)O. The third-order valence-corrected chi connectivity index (χ3v) is 1.77. The van der Waals surface area contributed by atoms with Crippen LogP contribution in [0.15, 0.2) is 18.3 Å². The Hall–Kier alpha value is -1.14. The molecule has 5 nitrogen and oxygen atoms in total. The van der Waals surface area contributed by atoms with Gasteiger partial charge in [0.25, 0.3) is 0 Å². The van der Waals surface area contributed by atoms with Crippen molar-refractivity contribution in [1.82, 2.24) is 4.98 Å². The first-order valence-corrected chi connectivity index (χ1v) is 5.00. The van der Waals surface area contributed by atoms with Crippen molar-refractivity contribution in [3.8, 4) is 5.75 Å². The quantitative estimate of drug-likeness (QED) is 0.736. The molecule has 0 bridgehead atoms. The zero-order valence-corrected chi connectivity index (χ0v) is 7.78. The van der Waals surface area contributed by atoms with E-state index in [0.29, 0.717) is 12.1 Å². The van der Waals surface area contributed by atoms with E-state index in [9.17, 15) is 8.42 Å². The van der Waals surface area contributed by atoms with Crippen LogP contribution in [-0.2, 0) is 16.8 Å². The highest BCUT2D eigenvalue weighted by Crippen LogP contribution is 2.16. The molecule has 0 unspecified atom stereocenters. The van der Waals surface area contributed by atoms with Gasteiger partial charge in [0.05, 0.1) is 5.69 Å². The molecular weight excluding hydrogens is 194 g/mol. The van der Waals surface area contributed by atoms with Crippen LogP contribution in [0.4, 0.5) is 0 Å². The van der Waals surface area contributed by atoms with Gasteiger partial charge in [-0.05, 0) is 18.6 Å². The molecule has 0 aliphatic rings. The molecule has 0 saturated heterocycles. The second kappa shape index (κ2) is 3.71. The minimum absolute atomic E-state index is 0.0625. The zero-order chi connectivity index (χ0) is 9.90. The van der Waals surface area contributed by atoms with Gasteiger partial charge in [0.1, 0.15) is 0 Å². The molecule has 0 fully saturated rings. The van der Waals surface area contributed by atoms with Crippen LogP contribution in [0.1, 0.15) is 12.6 Å². The lowest BCUT2D eigenvalue weighted by atomic mass is 10.3. The summed E-state index contributed by atoms with van der Waals surface area (Å²) < 4.78 is 33.5. The summed E-state index contributed by atoms with van der Waals surface area (Å²) in [4.78, 5) is 3.88. The number of aryl methyl sites for hydroxylation is 1. The van der Waals surface area contributed by atoms with E-state index in [2.05, 4.69) is 9.17 Å². The number of hydrogen-bond acceptors (Lipinski definition) is 4. The average Bonchev–Trinajstić information content (AvgIpc) is 2.02. The van der Waals surface area contributed by atoms with E-state index in [-0.39, 0.29) is 5.75 Å². The number of pyridine rings is 1. The van der Waals surface area contributed by atoms with Crippen molar-refractivity contribution in [2.45, 2.75) is 13.3 Å². The molecule has 72 valence electrons. The van der Waals surface area contributed by atoms with E-state index in [0.717, 1.165) is 0 Å². The summed E-state index contributed by atoms with van der Waals surface area (Å²) in [5.41, 5.74) is 0.486. The predicted octanol–water partition coefficient (Wildman–Crippen LogP) is 0.826. The van der Waals surface area contributed by atoms with Gasteiger partial charge in [0, 0.05) is 6.20 Å². The highest BCUT2D eigenvalue weighted by atomic mass is 32.3. The van der Waals surface area contributed by atoms with Gasteiger partial charge in [-0.1, -0.05) is 6.92 Å². The van der Waals surface area contributed by atoms with Crippen LogP contribution in [0.25, 0.3) is 0 Å². The normalized spacial score (nSPS) is 11.2. The Labute approximate surface area is 76.3 Å². The Morgan fingerprint density at radius 3 is 2.85 bits per heavy atom. The lowest BCUT2D eigenvalue weighted by molar-refractivity contribution is 0.384. The topological polar surface area (TPSA) is 76.5 Å². The molecule has 1 N–H and O–H groups in total. The average molecular weight is 203 g/mol. The maximum Gasteiger partial charge on any atom is 0.446 e. The van der Waals surface area contributed by atoms with E-state index in [1.54, 1.807) is 6.92 Å². The summed E-state index contributed by atoms with van der Waals surface area (Å²) in [6.45, 7) is 1.80. The van der Waals surface area contributed by atoms with Crippen LogP contribution in [-0.4, -0.2) is 18.0 Å². The molecule has 6 heteroatoms. The van der Waals surface area contributed by atoms with Crippen LogP contribution in [0, 0.1) is 0 Å². The molecule has 0 atom stereocenters. The third-order valence-electron chi connectivity index (χ3n) is 1.38. The maximum absolute atomic E-state index is 10.4. The molecule has 0 aromatic carbocycles. The lowest BCUT2D eigenvalue weighted by Crippen LogP contribution is -2.08. The lowest BCUT2D eigenvalue weighted by Gasteiger charge is -2.04. The van der Waals surface area contributed by atoms with Crippen LogP contribution in [0.2, 0.25) is 0 Å². The first kappa shape index (κ1) is 9.94. The van der Waals surface area contributed by atoms with Crippen molar-refractivity contribution in [3.05, 3.63) is 24.0 Å². The monoisotopic (exact) mass is 203 g/mol. The van der Waals surface area contributed by atoms with E-state index in [1.165, 1.54) is 18.3 Å². The largest absolute Gasteiger partial charge is 0.446 e. The van der Waals surface area contributed by atoms with Gasteiger partial charge in [-0.25, -0.2) is 0 Å². The Morgan fingerprint density at radius 2 is 2.31 bits per heavy atom. The third kappa shape index (κ3) is 3.00. The summed E-state index contributed by atoms with van der Waals surface area (Å²) in [5.74, 6) is 0.0625. The summed E-state index contributed by atoms with van der Waals surface area (Å²) >= 11 is 0. The second-order valence-electron chi connectivity index (χ2n) is 2.31. The highest BCUT2D eigenvalue weighted by molar-refractivity contribution is 7.81. The van der Waals surface area contributed by atoms with Crippen molar-refractivity contribution in [3.63, 3.8) is 0 Å². The molecule has 0 amide bonds. The van der Waals surface area contributed by atoms with Crippen LogP contribution >= 0.6 is 0 Å². The summed E-state index contributed by atoms with van der Waals surface area (Å²) in [7, 11) is -4.45. The molecule has 0 aliphatic heterocycles. The van der Waals surface area contributed by atoms with Crippen LogP contribution in [0.3, 0.4) is 0 Å². The van der Waals surface area contributed by atoms with Gasteiger partial charge in [0.2, 0.25) is 0 Å². The molecule has 1 aromatic heterocycles. The van der Waals surface area contributed by atoms with Gasteiger partial charge < -0.3 is 4.18 Å². The Bertz CT molecular complexity index is 387. The maximum atomic E-state index is 10.4. The van der Waals surface area contributed by atoms with Gasteiger partial charge in [0.15, 0.2) is 5.75 Å². The smallest absolute Gasteiger partial charge is 0.360 e. The van der Waals surface area contributed by atoms with Crippen LogP contribution in [0.5, 0.6) is 5.75 Å². The van der Waals surface area contributed by atoms with E-state index >= 15 is 0 Å². The van der Waals surface area contributed by atoms with Crippen molar-refractivity contribution in [2.24, 2.45) is 0 Å². The summed E-state index contributed by atoms with van der Waals surface area (Å²) in [6.07, 6.45) is 2.06. The Balaban J connectivity index is 3.01. The predicted molar refractivity (Wildman–Crippen MR) is 45.8 cm³/mol. The van der Waals surface area contributed by atoms with Crippen molar-refractivity contribution >= 4 is 10.4 Å². The zero-order valence-electron chi connectivity index (χ0n) is 6.97. The van der Waals surface area contributed by atoms with E-state index in [1.807, 2.05) is 0 Å². The molecular formula is C7H9NO4S. The summed E-state index contributed by atoms with van der Waals surface area (Å²) in [5, 5.41) is 0. The first-order chi connectivity index (χ1) is 6.03. The van der Waals surface area contributed by atoms with Crippen molar-refractivity contribution in [2.75, 3.05) is 0 Å². The van der Waals surface area contributed by atoms with Crippen LogP contribution < -0.4 is 4.18 Å². The molecule has 0 aliphatic carbocycles. The van der Waals surface area contributed by atoms with E-state index in [4.69, 9.17) is 4.55 Å². The standard InChI is InChI=1S/C7H9NO4S/c1-2-6-7(4-3-5-8-6)12-13(9,10)11/h3-5H,2H2,1H3,(H,9,10,11). The molecule has 1 heterocycles. The second-order valence-corrected chi connectivity index (χ2v) is 3.33. The number of rotatable bonds is 3. The van der Waals surface area contributed by atoms with Gasteiger partial charge in [-0.2, -0.15) is 8.42 Å². The minimum atomic E-state index is -4.45. The van der Waals surface area contributed by atoms with Gasteiger partial charge in [-0.3, -0.25) is 9.54 Å². The highest BCUT2D eigenvalue weighted by Gasteiger charge is 2.10. The van der Waals surface area contributed by atoms with Crippen molar-refractivity contribution in [1.29, 1.82) is 0 Å². The molecule has 0 radical (unpaired) electrons. The Kier molecular flexibility index (Phi) is 2.84. The summed E-state index contributed by atoms with van der Waals surface area (Å²) in [6, 6.07) is 2.96. The van der Waals surface area contributed by atoms with E-state index < -0.39 is 10.4 Å². The van der Waals surface area contributed by atoms with Gasteiger partial charge in [-0.15, -0.1) is 0 Å². The fourth-order valence-corrected chi connectivity index (χ4v) is 1.26. The minimum Gasteiger partial charge on any atom is -0.360 e. The number of aromatic nitrogens is 1. The van der Waals surface area contributed by atoms with Crippen molar-refractivity contribution < 1.29 is 17.2 Å².